The van der Waals surface area contributed by atoms with Gasteiger partial charge in [-0.05, 0) is 18.4 Å². The van der Waals surface area contributed by atoms with Crippen molar-refractivity contribution in [3.05, 3.63) is 35.9 Å². The summed E-state index contributed by atoms with van der Waals surface area (Å²) in [5, 5.41) is 4.91. The molecule has 2 N–H and O–H groups in total. The van der Waals surface area contributed by atoms with Crippen LogP contribution in [0.3, 0.4) is 0 Å². The minimum Gasteiger partial charge on any atom is -0.445 e. The molecule has 1 heterocycles. The number of carbonyl (C=O) groups excluding carboxylic acids is 3. The Morgan fingerprint density at radius 1 is 1.25 bits per heavy atom. The predicted octanol–water partition coefficient (Wildman–Crippen LogP) is 2.51. The standard InChI is InChI=1S/C20H29N3O4S/c1-15(2)28-19(22-20(26)27-14-16-8-4-3-5-9-16)18(25)21-11-7-13-23-12-6-10-17(23)24/h3-5,8-9,15,19H,6-7,10-14H2,1-2H3,(H,21,25)(H,22,26). The third-order valence-corrected chi connectivity index (χ3v) is 5.33. The van der Waals surface area contributed by atoms with E-state index in [0.717, 1.165) is 18.5 Å². The highest BCUT2D eigenvalue weighted by atomic mass is 32.2. The lowest BCUT2D eigenvalue weighted by atomic mass is 10.2. The van der Waals surface area contributed by atoms with Crippen LogP contribution >= 0.6 is 11.8 Å². The van der Waals surface area contributed by atoms with Gasteiger partial charge in [-0.1, -0.05) is 44.2 Å². The summed E-state index contributed by atoms with van der Waals surface area (Å²) in [6.07, 6.45) is 1.59. The lowest BCUT2D eigenvalue weighted by molar-refractivity contribution is -0.127. The van der Waals surface area contributed by atoms with Gasteiger partial charge in [-0.15, -0.1) is 11.8 Å². The van der Waals surface area contributed by atoms with Gasteiger partial charge in [-0.2, -0.15) is 0 Å². The minimum atomic E-state index is -0.725. The summed E-state index contributed by atoms with van der Waals surface area (Å²) in [7, 11) is 0. The Labute approximate surface area is 170 Å². The van der Waals surface area contributed by atoms with Gasteiger partial charge in [0.1, 0.15) is 6.61 Å². The van der Waals surface area contributed by atoms with E-state index in [0.29, 0.717) is 25.9 Å². The fourth-order valence-corrected chi connectivity index (χ4v) is 3.74. The highest BCUT2D eigenvalue weighted by molar-refractivity contribution is 8.01. The number of nitrogens with zero attached hydrogens (tertiary/aromatic N) is 1. The molecule has 154 valence electrons. The van der Waals surface area contributed by atoms with Crippen LogP contribution in [0.1, 0.15) is 38.7 Å². The number of likely N-dealkylation sites (tertiary alicyclic amines) is 1. The maximum absolute atomic E-state index is 12.5. The molecule has 1 saturated heterocycles. The van der Waals surface area contributed by atoms with Gasteiger partial charge in [0.05, 0.1) is 0 Å². The molecular weight excluding hydrogens is 378 g/mol. The van der Waals surface area contributed by atoms with Gasteiger partial charge in [-0.3, -0.25) is 9.59 Å². The zero-order chi connectivity index (χ0) is 20.4. The van der Waals surface area contributed by atoms with Gasteiger partial charge in [-0.25, -0.2) is 4.79 Å². The van der Waals surface area contributed by atoms with Crippen LogP contribution in [0.15, 0.2) is 30.3 Å². The third-order valence-electron chi connectivity index (χ3n) is 4.18. The zero-order valence-electron chi connectivity index (χ0n) is 16.5. The summed E-state index contributed by atoms with van der Waals surface area (Å²) in [4.78, 5) is 38.0. The van der Waals surface area contributed by atoms with Crippen LogP contribution in [0, 0.1) is 0 Å². The van der Waals surface area contributed by atoms with Gasteiger partial charge < -0.3 is 20.3 Å². The zero-order valence-corrected chi connectivity index (χ0v) is 17.3. The van der Waals surface area contributed by atoms with E-state index < -0.39 is 11.5 Å². The molecule has 0 aromatic heterocycles. The molecule has 1 fully saturated rings. The Balaban J connectivity index is 1.74. The van der Waals surface area contributed by atoms with Crippen molar-refractivity contribution in [2.75, 3.05) is 19.6 Å². The lowest BCUT2D eigenvalue weighted by Gasteiger charge is -2.20. The molecule has 1 aliphatic heterocycles. The summed E-state index contributed by atoms with van der Waals surface area (Å²) in [6.45, 7) is 5.97. The molecule has 3 amide bonds. The van der Waals surface area contributed by atoms with Gasteiger partial charge in [0.25, 0.3) is 5.91 Å². The van der Waals surface area contributed by atoms with E-state index in [4.69, 9.17) is 4.74 Å². The first-order valence-corrected chi connectivity index (χ1v) is 10.6. The topological polar surface area (TPSA) is 87.7 Å². The van der Waals surface area contributed by atoms with Crippen molar-refractivity contribution < 1.29 is 19.1 Å². The van der Waals surface area contributed by atoms with Crippen LogP contribution in [-0.4, -0.2) is 53.1 Å². The van der Waals surface area contributed by atoms with Crippen LogP contribution in [0.25, 0.3) is 0 Å². The quantitative estimate of drug-likeness (QED) is 0.460. The smallest absolute Gasteiger partial charge is 0.408 e. The Bertz CT molecular complexity index is 654. The Kier molecular flexibility index (Phi) is 9.13. The van der Waals surface area contributed by atoms with Crippen molar-refractivity contribution in [1.29, 1.82) is 0 Å². The fraction of sp³-hybridized carbons (Fsp3) is 0.550. The first kappa shape index (κ1) is 22.1. The molecule has 1 aromatic rings. The lowest BCUT2D eigenvalue weighted by Crippen LogP contribution is -2.46. The summed E-state index contributed by atoms with van der Waals surface area (Å²) < 4.78 is 5.21. The number of hydrogen-bond donors (Lipinski definition) is 2. The van der Waals surface area contributed by atoms with Crippen LogP contribution in [-0.2, 0) is 20.9 Å². The summed E-state index contributed by atoms with van der Waals surface area (Å²) in [5.74, 6) is -0.0782. The largest absolute Gasteiger partial charge is 0.445 e. The van der Waals surface area contributed by atoms with Crippen LogP contribution in [0.2, 0.25) is 0 Å². The van der Waals surface area contributed by atoms with Crippen molar-refractivity contribution in [3.8, 4) is 0 Å². The maximum atomic E-state index is 12.5. The summed E-state index contributed by atoms with van der Waals surface area (Å²) >= 11 is 1.35. The van der Waals surface area contributed by atoms with Crippen LogP contribution in [0.4, 0.5) is 4.79 Å². The SMILES string of the molecule is CC(C)SC(NC(=O)OCc1ccccc1)C(=O)NCCCN1CCCC1=O. The second-order valence-electron chi connectivity index (χ2n) is 6.90. The van der Waals surface area contributed by atoms with Gasteiger partial charge in [0.2, 0.25) is 5.91 Å². The van der Waals surface area contributed by atoms with Crippen molar-refractivity contribution >= 4 is 29.7 Å². The normalized spacial score (nSPS) is 14.8. The summed E-state index contributed by atoms with van der Waals surface area (Å²) in [5.41, 5.74) is 0.881. The van der Waals surface area contributed by atoms with Gasteiger partial charge in [0, 0.05) is 31.3 Å². The fourth-order valence-electron chi connectivity index (χ4n) is 2.82. The maximum Gasteiger partial charge on any atom is 0.408 e. The number of nitrogens with one attached hydrogen (secondary N) is 2. The highest BCUT2D eigenvalue weighted by Crippen LogP contribution is 2.16. The van der Waals surface area contributed by atoms with Gasteiger partial charge >= 0.3 is 6.09 Å². The average Bonchev–Trinajstić information content (AvgIpc) is 3.08. The van der Waals surface area contributed by atoms with Gasteiger partial charge in [0.15, 0.2) is 5.37 Å². The first-order chi connectivity index (χ1) is 13.5. The Hall–Kier alpha value is -2.22. The van der Waals surface area contributed by atoms with Crippen molar-refractivity contribution in [2.24, 2.45) is 0 Å². The van der Waals surface area contributed by atoms with Crippen LogP contribution in [0.5, 0.6) is 0 Å². The highest BCUT2D eigenvalue weighted by Gasteiger charge is 2.23. The number of benzene rings is 1. The van der Waals surface area contributed by atoms with E-state index in [1.807, 2.05) is 49.1 Å². The number of rotatable bonds is 10. The minimum absolute atomic E-state index is 0.150. The Morgan fingerprint density at radius 2 is 2.00 bits per heavy atom. The number of amides is 3. The number of alkyl carbamates (subject to hydrolysis) is 1. The molecule has 0 bridgehead atoms. The molecule has 7 nitrogen and oxygen atoms in total. The first-order valence-electron chi connectivity index (χ1n) is 9.64. The molecule has 0 aliphatic carbocycles. The average molecular weight is 408 g/mol. The van der Waals surface area contributed by atoms with Crippen LogP contribution < -0.4 is 10.6 Å². The number of ether oxygens (including phenoxy) is 1. The molecule has 0 saturated carbocycles. The monoisotopic (exact) mass is 407 g/mol. The molecule has 0 radical (unpaired) electrons. The van der Waals surface area contributed by atoms with E-state index in [1.54, 1.807) is 0 Å². The second kappa shape index (κ2) is 11.6. The van der Waals surface area contributed by atoms with E-state index in [-0.39, 0.29) is 23.7 Å². The second-order valence-corrected chi connectivity index (χ2v) is 8.59. The molecular formula is C20H29N3O4S. The molecule has 1 unspecified atom stereocenters. The molecule has 1 aromatic carbocycles. The van der Waals surface area contributed by atoms with E-state index >= 15 is 0 Å². The van der Waals surface area contributed by atoms with Crippen molar-refractivity contribution in [2.45, 2.75) is 50.3 Å². The molecule has 8 heteroatoms. The molecule has 0 spiro atoms. The summed E-state index contributed by atoms with van der Waals surface area (Å²) in [6, 6.07) is 9.37. The predicted molar refractivity (Wildman–Crippen MR) is 110 cm³/mol. The Morgan fingerprint density at radius 3 is 2.64 bits per heavy atom. The molecule has 1 aliphatic rings. The third kappa shape index (κ3) is 7.80. The molecule has 1 atom stereocenters. The number of hydrogen-bond acceptors (Lipinski definition) is 5. The van der Waals surface area contributed by atoms with E-state index in [9.17, 15) is 14.4 Å². The molecule has 28 heavy (non-hydrogen) atoms. The number of carbonyl (C=O) groups is 3. The van der Waals surface area contributed by atoms with Crippen molar-refractivity contribution in [3.63, 3.8) is 0 Å². The molecule has 2 rings (SSSR count). The number of thioether (sulfide) groups is 1. The van der Waals surface area contributed by atoms with Crippen molar-refractivity contribution in [1.82, 2.24) is 15.5 Å². The van der Waals surface area contributed by atoms with E-state index in [1.165, 1.54) is 11.8 Å². The van der Waals surface area contributed by atoms with E-state index in [2.05, 4.69) is 10.6 Å².